The normalized spacial score (nSPS) is 18.8. The van der Waals surface area contributed by atoms with E-state index in [1.165, 1.54) is 25.7 Å². The number of carbonyl (C=O) groups is 2. The Labute approximate surface area is 201 Å². The minimum absolute atomic E-state index is 0.109. The summed E-state index contributed by atoms with van der Waals surface area (Å²) in [6.45, 7) is 1.67. The maximum absolute atomic E-state index is 13.3. The molecule has 2 aromatic carbocycles. The molecule has 0 fully saturated rings. The predicted molar refractivity (Wildman–Crippen MR) is 138 cm³/mol. The van der Waals surface area contributed by atoms with Gasteiger partial charge in [-0.2, -0.15) is 0 Å². The Kier molecular flexibility index (Phi) is 6.84. The minimum atomic E-state index is -0.109. The first kappa shape index (κ1) is 22.5. The van der Waals surface area contributed by atoms with Gasteiger partial charge in [0.05, 0.1) is 0 Å². The fourth-order valence-electron chi connectivity index (χ4n) is 4.94. The highest BCUT2D eigenvalue weighted by atomic mass is 16.1. The van der Waals surface area contributed by atoms with Crippen LogP contribution in [0.1, 0.15) is 96.1 Å². The van der Waals surface area contributed by atoms with Gasteiger partial charge in [0.2, 0.25) is 0 Å². The average Bonchev–Trinajstić information content (AvgIpc) is 2.81. The van der Waals surface area contributed by atoms with Gasteiger partial charge in [-0.1, -0.05) is 25.7 Å². The molecule has 1 aliphatic carbocycles. The molecule has 0 saturated heterocycles. The molecular formula is C28H32N4O2. The first-order valence-corrected chi connectivity index (χ1v) is 12.7. The largest absolute Gasteiger partial charge is 0.344 e. The van der Waals surface area contributed by atoms with Crippen LogP contribution < -0.4 is 10.6 Å². The van der Waals surface area contributed by atoms with E-state index in [9.17, 15) is 9.59 Å². The standard InChI is InChI=1S/C28H32N4O2/c33-27-22-14-12-20(32-26-10-6-2-4-8-16-30-26)18-24(22)28(34)21-13-11-19(17-23(21)27)31-25-9-5-1-3-7-15-29-25/h11-14,17-18H,1-10,15-16H2,(H,29,31)(H,30,32). The Balaban J connectivity index is 1.37. The number of benzene rings is 2. The molecule has 0 spiro atoms. The van der Waals surface area contributed by atoms with Crippen molar-refractivity contribution in [1.82, 2.24) is 0 Å². The molecule has 176 valence electrons. The van der Waals surface area contributed by atoms with Crippen molar-refractivity contribution in [3.63, 3.8) is 0 Å². The number of amidine groups is 2. The van der Waals surface area contributed by atoms with E-state index in [-0.39, 0.29) is 11.6 Å². The van der Waals surface area contributed by atoms with Gasteiger partial charge in [-0.3, -0.25) is 19.6 Å². The molecule has 0 bridgehead atoms. The number of aliphatic imine (C=N–C) groups is 2. The molecule has 0 atom stereocenters. The molecule has 34 heavy (non-hydrogen) atoms. The Hall–Kier alpha value is -3.28. The second-order valence-electron chi connectivity index (χ2n) is 9.41. The lowest BCUT2D eigenvalue weighted by atomic mass is 9.83. The van der Waals surface area contributed by atoms with Crippen LogP contribution in [0.5, 0.6) is 0 Å². The summed E-state index contributed by atoms with van der Waals surface area (Å²) in [5.41, 5.74) is 3.45. The van der Waals surface area contributed by atoms with Crippen molar-refractivity contribution in [3.05, 3.63) is 58.7 Å². The quantitative estimate of drug-likeness (QED) is 0.495. The van der Waals surface area contributed by atoms with E-state index in [0.29, 0.717) is 22.3 Å². The average molecular weight is 457 g/mol. The molecule has 2 N–H and O–H groups in total. The molecule has 2 aromatic rings. The van der Waals surface area contributed by atoms with E-state index in [2.05, 4.69) is 20.6 Å². The SMILES string of the molecule is O=C1c2ccc(NC3=NCCCCCC3)cc2C(=O)c2ccc(NC3=NCCCCCC3)cc21. The Bertz CT molecular complexity index is 1070. The van der Waals surface area contributed by atoms with Gasteiger partial charge in [-0.15, -0.1) is 0 Å². The summed E-state index contributed by atoms with van der Waals surface area (Å²) >= 11 is 0. The van der Waals surface area contributed by atoms with Crippen LogP contribution in [0.4, 0.5) is 11.4 Å². The zero-order valence-corrected chi connectivity index (χ0v) is 19.7. The first-order chi connectivity index (χ1) is 16.7. The molecule has 0 radical (unpaired) electrons. The second-order valence-corrected chi connectivity index (χ2v) is 9.41. The highest BCUT2D eigenvalue weighted by molar-refractivity contribution is 6.29. The van der Waals surface area contributed by atoms with Crippen LogP contribution in [0.15, 0.2) is 46.4 Å². The summed E-state index contributed by atoms with van der Waals surface area (Å²) in [7, 11) is 0. The summed E-state index contributed by atoms with van der Waals surface area (Å²) in [5.74, 6) is 1.70. The number of hydrogen-bond donors (Lipinski definition) is 2. The monoisotopic (exact) mass is 456 g/mol. The summed E-state index contributed by atoms with van der Waals surface area (Å²) < 4.78 is 0. The van der Waals surface area contributed by atoms with Gasteiger partial charge in [0.25, 0.3) is 0 Å². The Morgan fingerprint density at radius 3 is 1.44 bits per heavy atom. The summed E-state index contributed by atoms with van der Waals surface area (Å²) in [4.78, 5) is 36.0. The number of carbonyl (C=O) groups excluding carboxylic acids is 2. The van der Waals surface area contributed by atoms with Gasteiger partial charge in [-0.25, -0.2) is 0 Å². The van der Waals surface area contributed by atoms with Gasteiger partial charge in [0, 0.05) is 59.6 Å². The molecule has 0 unspecified atom stereocenters. The van der Waals surface area contributed by atoms with Crippen molar-refractivity contribution in [2.75, 3.05) is 23.7 Å². The molecule has 2 heterocycles. The fraction of sp³-hybridized carbons (Fsp3) is 0.429. The van der Waals surface area contributed by atoms with Crippen LogP contribution in [0.2, 0.25) is 0 Å². The number of nitrogens with one attached hydrogen (secondary N) is 2. The van der Waals surface area contributed by atoms with E-state index in [1.54, 1.807) is 24.3 Å². The number of hydrogen-bond acceptors (Lipinski definition) is 6. The molecule has 5 rings (SSSR count). The summed E-state index contributed by atoms with van der Waals surface area (Å²) in [6, 6.07) is 10.9. The smallest absolute Gasteiger partial charge is 0.194 e. The molecule has 0 amide bonds. The Morgan fingerprint density at radius 2 is 0.971 bits per heavy atom. The molecular weight excluding hydrogens is 424 g/mol. The van der Waals surface area contributed by atoms with Gasteiger partial charge in [-0.05, 0) is 62.1 Å². The van der Waals surface area contributed by atoms with Gasteiger partial charge in [0.1, 0.15) is 11.7 Å². The van der Waals surface area contributed by atoms with Crippen LogP contribution in [-0.4, -0.2) is 36.3 Å². The molecule has 6 nitrogen and oxygen atoms in total. The van der Waals surface area contributed by atoms with Gasteiger partial charge >= 0.3 is 0 Å². The van der Waals surface area contributed by atoms with Gasteiger partial charge < -0.3 is 10.6 Å². The van der Waals surface area contributed by atoms with E-state index in [1.807, 2.05) is 12.1 Å². The zero-order valence-electron chi connectivity index (χ0n) is 19.7. The predicted octanol–water partition coefficient (Wildman–Crippen LogP) is 6.01. The maximum Gasteiger partial charge on any atom is 0.194 e. The van der Waals surface area contributed by atoms with E-state index < -0.39 is 0 Å². The molecule has 0 aromatic heterocycles. The number of nitrogens with zero attached hydrogens (tertiary/aromatic N) is 2. The molecule has 2 aliphatic heterocycles. The highest BCUT2D eigenvalue weighted by Crippen LogP contribution is 2.31. The zero-order chi connectivity index (χ0) is 23.3. The lowest BCUT2D eigenvalue weighted by Crippen LogP contribution is -2.22. The number of fused-ring (bicyclic) bond motifs is 2. The van der Waals surface area contributed by atoms with Gasteiger partial charge in [0.15, 0.2) is 11.6 Å². The van der Waals surface area contributed by atoms with Crippen molar-refractivity contribution in [2.24, 2.45) is 9.98 Å². The lowest BCUT2D eigenvalue weighted by Gasteiger charge is -2.20. The first-order valence-electron chi connectivity index (χ1n) is 12.7. The topological polar surface area (TPSA) is 82.9 Å². The van der Waals surface area contributed by atoms with Crippen LogP contribution in [0, 0.1) is 0 Å². The highest BCUT2D eigenvalue weighted by Gasteiger charge is 2.30. The maximum atomic E-state index is 13.3. The van der Waals surface area contributed by atoms with Crippen LogP contribution >= 0.6 is 0 Å². The van der Waals surface area contributed by atoms with Crippen LogP contribution in [0.25, 0.3) is 0 Å². The third kappa shape index (κ3) is 4.96. The van der Waals surface area contributed by atoms with E-state index in [4.69, 9.17) is 0 Å². The fourth-order valence-corrected chi connectivity index (χ4v) is 4.94. The molecule has 6 heteroatoms. The van der Waals surface area contributed by atoms with Crippen molar-refractivity contribution in [3.8, 4) is 0 Å². The van der Waals surface area contributed by atoms with E-state index in [0.717, 1.165) is 74.7 Å². The summed E-state index contributed by atoms with van der Waals surface area (Å²) in [6.07, 6.45) is 11.2. The second kappa shape index (κ2) is 10.3. The summed E-state index contributed by atoms with van der Waals surface area (Å²) in [5, 5.41) is 6.77. The molecule has 0 saturated carbocycles. The number of rotatable bonds is 2. The number of anilines is 2. The third-order valence-corrected chi connectivity index (χ3v) is 6.84. The van der Waals surface area contributed by atoms with Crippen molar-refractivity contribution < 1.29 is 9.59 Å². The number of ketones is 2. The van der Waals surface area contributed by atoms with Crippen LogP contribution in [0.3, 0.4) is 0 Å². The minimum Gasteiger partial charge on any atom is -0.344 e. The van der Waals surface area contributed by atoms with E-state index >= 15 is 0 Å². The van der Waals surface area contributed by atoms with Crippen molar-refractivity contribution >= 4 is 34.6 Å². The van der Waals surface area contributed by atoms with Crippen molar-refractivity contribution in [2.45, 2.75) is 64.2 Å². The van der Waals surface area contributed by atoms with Crippen LogP contribution in [-0.2, 0) is 0 Å². The Morgan fingerprint density at radius 1 is 0.529 bits per heavy atom. The third-order valence-electron chi connectivity index (χ3n) is 6.84. The van der Waals surface area contributed by atoms with Crippen molar-refractivity contribution in [1.29, 1.82) is 0 Å². The molecule has 3 aliphatic rings. The lowest BCUT2D eigenvalue weighted by molar-refractivity contribution is 0.0979.